The number of halogens is 1. The van der Waals surface area contributed by atoms with Gasteiger partial charge in [-0.1, -0.05) is 0 Å². The highest BCUT2D eigenvalue weighted by atomic mass is 19.1. The number of hydrogen-bond acceptors (Lipinski definition) is 3. The van der Waals surface area contributed by atoms with E-state index in [9.17, 15) is 9.18 Å². The highest BCUT2D eigenvalue weighted by Crippen LogP contribution is 2.13. The molecule has 4 nitrogen and oxygen atoms in total. The minimum absolute atomic E-state index is 0.0423. The highest BCUT2D eigenvalue weighted by molar-refractivity contribution is 5.66. The van der Waals surface area contributed by atoms with Crippen molar-refractivity contribution in [3.63, 3.8) is 0 Å². The van der Waals surface area contributed by atoms with Crippen LogP contribution in [0.4, 0.5) is 4.39 Å². The predicted octanol–water partition coefficient (Wildman–Crippen LogP) is 1.09. The van der Waals surface area contributed by atoms with E-state index in [2.05, 4.69) is 4.98 Å². The van der Waals surface area contributed by atoms with Gasteiger partial charge in [-0.05, 0) is 18.6 Å². The van der Waals surface area contributed by atoms with E-state index in [0.29, 0.717) is 5.69 Å². The molecule has 0 saturated carbocycles. The summed E-state index contributed by atoms with van der Waals surface area (Å²) in [7, 11) is 0. The van der Waals surface area contributed by atoms with Gasteiger partial charge in [-0.2, -0.15) is 0 Å². The molecule has 0 amide bonds. The van der Waals surface area contributed by atoms with Crippen LogP contribution in [0.25, 0.3) is 0 Å². The van der Waals surface area contributed by atoms with Crippen LogP contribution in [0.3, 0.4) is 0 Å². The molecule has 1 atom stereocenters. The number of nitrogens with two attached hydrogens (primary N) is 1. The van der Waals surface area contributed by atoms with Crippen molar-refractivity contribution in [3.05, 3.63) is 29.8 Å². The number of nitrogens with zero attached hydrogens (tertiary/aromatic N) is 1. The van der Waals surface area contributed by atoms with Crippen LogP contribution in [0.15, 0.2) is 18.3 Å². The third kappa shape index (κ3) is 3.10. The molecule has 0 saturated heterocycles. The molecule has 14 heavy (non-hydrogen) atoms. The minimum atomic E-state index is -0.920. The van der Waals surface area contributed by atoms with E-state index in [1.807, 2.05) is 0 Å². The standard InChI is InChI=1S/C9H11FN2O2/c10-6-3-4-12-8(5-6)7(11)1-2-9(13)14/h3-5,7H,1-2,11H2,(H,13,14). The maximum atomic E-state index is 12.7. The number of hydrogen-bond donors (Lipinski definition) is 2. The summed E-state index contributed by atoms with van der Waals surface area (Å²) in [6, 6.07) is 1.90. The Balaban J connectivity index is 2.60. The van der Waals surface area contributed by atoms with E-state index in [4.69, 9.17) is 10.8 Å². The maximum Gasteiger partial charge on any atom is 0.303 e. The Bertz CT molecular complexity index is 330. The molecule has 0 bridgehead atoms. The third-order valence-corrected chi connectivity index (χ3v) is 1.79. The molecule has 0 fully saturated rings. The molecular formula is C9H11FN2O2. The normalized spacial score (nSPS) is 12.4. The second-order valence-corrected chi connectivity index (χ2v) is 2.94. The van der Waals surface area contributed by atoms with Gasteiger partial charge in [0.15, 0.2) is 0 Å². The van der Waals surface area contributed by atoms with Gasteiger partial charge in [0.2, 0.25) is 0 Å². The number of rotatable bonds is 4. The Labute approximate surface area is 80.6 Å². The van der Waals surface area contributed by atoms with Crippen LogP contribution in [-0.2, 0) is 4.79 Å². The SMILES string of the molecule is NC(CCC(=O)O)c1cc(F)ccn1. The van der Waals surface area contributed by atoms with Crippen LogP contribution in [-0.4, -0.2) is 16.1 Å². The summed E-state index contributed by atoms with van der Waals surface area (Å²) in [5.74, 6) is -1.34. The fourth-order valence-electron chi connectivity index (χ4n) is 1.05. The van der Waals surface area contributed by atoms with Gasteiger partial charge in [0, 0.05) is 18.7 Å². The lowest BCUT2D eigenvalue weighted by Gasteiger charge is -2.08. The van der Waals surface area contributed by atoms with Gasteiger partial charge in [0.05, 0.1) is 5.69 Å². The first-order chi connectivity index (χ1) is 6.59. The molecule has 1 aromatic heterocycles. The Hall–Kier alpha value is -1.49. The second kappa shape index (κ2) is 4.66. The van der Waals surface area contributed by atoms with Crippen molar-refractivity contribution in [2.45, 2.75) is 18.9 Å². The van der Waals surface area contributed by atoms with Crippen LogP contribution in [0.5, 0.6) is 0 Å². The first-order valence-electron chi connectivity index (χ1n) is 4.18. The summed E-state index contributed by atoms with van der Waals surface area (Å²) in [5.41, 5.74) is 6.00. The van der Waals surface area contributed by atoms with Gasteiger partial charge in [0.1, 0.15) is 5.82 Å². The summed E-state index contributed by atoms with van der Waals surface area (Å²) < 4.78 is 12.7. The molecular weight excluding hydrogens is 187 g/mol. The molecule has 0 aliphatic heterocycles. The summed E-state index contributed by atoms with van der Waals surface area (Å²) in [6.07, 6.45) is 1.52. The van der Waals surface area contributed by atoms with Crippen LogP contribution in [0, 0.1) is 5.82 Å². The Kier molecular flexibility index (Phi) is 3.53. The van der Waals surface area contributed by atoms with Crippen LogP contribution in [0.2, 0.25) is 0 Å². The van der Waals surface area contributed by atoms with E-state index in [-0.39, 0.29) is 12.8 Å². The number of carboxylic acids is 1. The van der Waals surface area contributed by atoms with Crippen molar-refractivity contribution in [2.24, 2.45) is 5.73 Å². The van der Waals surface area contributed by atoms with Gasteiger partial charge in [0.25, 0.3) is 0 Å². The summed E-state index contributed by atoms with van der Waals surface area (Å²) in [4.78, 5) is 14.1. The molecule has 0 aliphatic carbocycles. The molecule has 0 aromatic carbocycles. The van der Waals surface area contributed by atoms with Crippen molar-refractivity contribution >= 4 is 5.97 Å². The van der Waals surface area contributed by atoms with Crippen molar-refractivity contribution in [1.82, 2.24) is 4.98 Å². The van der Waals surface area contributed by atoms with E-state index in [1.165, 1.54) is 18.3 Å². The lowest BCUT2D eigenvalue weighted by Crippen LogP contribution is -2.13. The lowest BCUT2D eigenvalue weighted by atomic mass is 10.1. The maximum absolute atomic E-state index is 12.7. The Morgan fingerprint density at radius 2 is 2.43 bits per heavy atom. The van der Waals surface area contributed by atoms with E-state index >= 15 is 0 Å². The zero-order chi connectivity index (χ0) is 10.6. The minimum Gasteiger partial charge on any atom is -0.481 e. The third-order valence-electron chi connectivity index (χ3n) is 1.79. The Morgan fingerprint density at radius 3 is 3.00 bits per heavy atom. The fourth-order valence-corrected chi connectivity index (χ4v) is 1.05. The molecule has 1 aromatic rings. The van der Waals surface area contributed by atoms with Crippen LogP contribution >= 0.6 is 0 Å². The molecule has 1 rings (SSSR count). The largest absolute Gasteiger partial charge is 0.481 e. The first-order valence-corrected chi connectivity index (χ1v) is 4.18. The van der Waals surface area contributed by atoms with Gasteiger partial charge < -0.3 is 10.8 Å². The van der Waals surface area contributed by atoms with Gasteiger partial charge in [-0.3, -0.25) is 9.78 Å². The molecule has 0 radical (unpaired) electrons. The van der Waals surface area contributed by atoms with Crippen LogP contribution < -0.4 is 5.73 Å². The average molecular weight is 198 g/mol. The first kappa shape index (κ1) is 10.6. The molecule has 76 valence electrons. The summed E-state index contributed by atoms with van der Waals surface area (Å²) in [5, 5.41) is 8.41. The van der Waals surface area contributed by atoms with Gasteiger partial charge >= 0.3 is 5.97 Å². The predicted molar refractivity (Wildman–Crippen MR) is 48.0 cm³/mol. The van der Waals surface area contributed by atoms with Crippen molar-refractivity contribution in [1.29, 1.82) is 0 Å². The molecule has 0 spiro atoms. The van der Waals surface area contributed by atoms with E-state index in [0.717, 1.165) is 0 Å². The van der Waals surface area contributed by atoms with Crippen molar-refractivity contribution in [2.75, 3.05) is 0 Å². The monoisotopic (exact) mass is 198 g/mol. The molecule has 1 heterocycles. The topological polar surface area (TPSA) is 76.2 Å². The van der Waals surface area contributed by atoms with E-state index in [1.54, 1.807) is 0 Å². The Morgan fingerprint density at radius 1 is 1.71 bits per heavy atom. The molecule has 5 heteroatoms. The van der Waals surface area contributed by atoms with Gasteiger partial charge in [-0.25, -0.2) is 4.39 Å². The highest BCUT2D eigenvalue weighted by Gasteiger charge is 2.10. The quantitative estimate of drug-likeness (QED) is 0.759. The average Bonchev–Trinajstić information content (AvgIpc) is 2.14. The second-order valence-electron chi connectivity index (χ2n) is 2.94. The fraction of sp³-hybridized carbons (Fsp3) is 0.333. The zero-order valence-electron chi connectivity index (χ0n) is 7.48. The lowest BCUT2D eigenvalue weighted by molar-refractivity contribution is -0.137. The molecule has 3 N–H and O–H groups in total. The summed E-state index contributed by atoms with van der Waals surface area (Å²) in [6.45, 7) is 0. The summed E-state index contributed by atoms with van der Waals surface area (Å²) >= 11 is 0. The zero-order valence-corrected chi connectivity index (χ0v) is 7.48. The smallest absolute Gasteiger partial charge is 0.303 e. The van der Waals surface area contributed by atoms with Crippen molar-refractivity contribution in [3.8, 4) is 0 Å². The number of carbonyl (C=O) groups is 1. The van der Waals surface area contributed by atoms with Crippen molar-refractivity contribution < 1.29 is 14.3 Å². The molecule has 0 aliphatic rings. The van der Waals surface area contributed by atoms with E-state index < -0.39 is 17.8 Å². The number of aliphatic carboxylic acids is 1. The number of carboxylic acid groups (broad SMARTS) is 1. The van der Waals surface area contributed by atoms with Crippen LogP contribution in [0.1, 0.15) is 24.6 Å². The molecule has 1 unspecified atom stereocenters. The van der Waals surface area contributed by atoms with Gasteiger partial charge in [-0.15, -0.1) is 0 Å². The number of pyridine rings is 1. The number of aromatic nitrogens is 1.